The van der Waals surface area contributed by atoms with Crippen molar-refractivity contribution < 1.29 is 4.74 Å². The number of hydrogen-bond acceptors (Lipinski definition) is 1. The quantitative estimate of drug-likeness (QED) is 0.721. The summed E-state index contributed by atoms with van der Waals surface area (Å²) in [6.07, 6.45) is 0.954. The highest BCUT2D eigenvalue weighted by molar-refractivity contribution is 6.31. The van der Waals surface area contributed by atoms with Crippen LogP contribution in [-0.2, 0) is 6.42 Å². The van der Waals surface area contributed by atoms with E-state index in [1.165, 1.54) is 5.56 Å². The highest BCUT2D eigenvalue weighted by Crippen LogP contribution is 2.39. The molecule has 2 aromatic carbocycles. The summed E-state index contributed by atoms with van der Waals surface area (Å²) in [6.45, 7) is 0.759. The zero-order valence-corrected chi connectivity index (χ0v) is 9.50. The summed E-state index contributed by atoms with van der Waals surface area (Å²) in [5, 5.41) is 0.781. The molecule has 2 heteroatoms. The normalized spacial score (nSPS) is 13.3. The maximum absolute atomic E-state index is 6.12. The van der Waals surface area contributed by atoms with Crippen LogP contribution in [-0.4, -0.2) is 6.61 Å². The molecule has 0 unspecified atom stereocenters. The van der Waals surface area contributed by atoms with Crippen LogP contribution in [0.1, 0.15) is 5.56 Å². The monoisotopic (exact) mass is 230 g/mol. The van der Waals surface area contributed by atoms with E-state index in [9.17, 15) is 0 Å². The van der Waals surface area contributed by atoms with Crippen LogP contribution in [0.5, 0.6) is 5.75 Å². The third-order valence-corrected chi connectivity index (χ3v) is 3.05. The molecular formula is C14H11ClO. The van der Waals surface area contributed by atoms with Gasteiger partial charge in [0.25, 0.3) is 0 Å². The Kier molecular flexibility index (Phi) is 2.33. The maximum atomic E-state index is 6.12. The molecule has 1 aliphatic rings. The molecule has 16 heavy (non-hydrogen) atoms. The van der Waals surface area contributed by atoms with Crippen LogP contribution in [0.3, 0.4) is 0 Å². The second-order valence-corrected chi connectivity index (χ2v) is 4.34. The molecule has 80 valence electrons. The lowest BCUT2D eigenvalue weighted by Gasteiger charge is -2.08. The minimum Gasteiger partial charge on any atom is -0.492 e. The molecule has 0 aliphatic carbocycles. The van der Waals surface area contributed by atoms with Gasteiger partial charge in [0, 0.05) is 17.0 Å². The third-order valence-electron chi connectivity index (χ3n) is 2.83. The molecule has 0 N–H and O–H groups in total. The van der Waals surface area contributed by atoms with Gasteiger partial charge in [-0.05, 0) is 23.3 Å². The minimum absolute atomic E-state index is 0.759. The van der Waals surface area contributed by atoms with E-state index in [2.05, 4.69) is 12.1 Å². The van der Waals surface area contributed by atoms with Crippen molar-refractivity contribution in [2.24, 2.45) is 0 Å². The van der Waals surface area contributed by atoms with Crippen LogP contribution < -0.4 is 4.74 Å². The molecule has 0 amide bonds. The van der Waals surface area contributed by atoms with Gasteiger partial charge in [-0.2, -0.15) is 0 Å². The van der Waals surface area contributed by atoms with Crippen LogP contribution in [0.2, 0.25) is 5.02 Å². The Balaban J connectivity index is 2.21. The fourth-order valence-electron chi connectivity index (χ4n) is 2.10. The van der Waals surface area contributed by atoms with Gasteiger partial charge in [0.1, 0.15) is 5.75 Å². The van der Waals surface area contributed by atoms with Crippen molar-refractivity contribution >= 4 is 11.6 Å². The predicted molar refractivity (Wildman–Crippen MR) is 66.1 cm³/mol. The number of benzene rings is 2. The van der Waals surface area contributed by atoms with Crippen LogP contribution in [0.25, 0.3) is 11.1 Å². The van der Waals surface area contributed by atoms with E-state index in [1.54, 1.807) is 0 Å². The Morgan fingerprint density at radius 3 is 2.69 bits per heavy atom. The summed E-state index contributed by atoms with van der Waals surface area (Å²) in [6, 6.07) is 14.2. The van der Waals surface area contributed by atoms with Crippen molar-refractivity contribution in [1.82, 2.24) is 0 Å². The number of rotatable bonds is 1. The minimum atomic E-state index is 0.759. The lowest BCUT2D eigenvalue weighted by Crippen LogP contribution is -1.88. The van der Waals surface area contributed by atoms with Crippen molar-refractivity contribution in [2.75, 3.05) is 6.61 Å². The van der Waals surface area contributed by atoms with E-state index in [4.69, 9.17) is 16.3 Å². The van der Waals surface area contributed by atoms with Gasteiger partial charge in [-0.3, -0.25) is 0 Å². The average molecular weight is 231 g/mol. The second kappa shape index (κ2) is 3.84. The summed E-state index contributed by atoms with van der Waals surface area (Å²) in [4.78, 5) is 0. The number of fused-ring (bicyclic) bond motifs is 1. The molecule has 0 aromatic heterocycles. The van der Waals surface area contributed by atoms with Gasteiger partial charge in [-0.15, -0.1) is 0 Å². The van der Waals surface area contributed by atoms with Gasteiger partial charge in [-0.25, -0.2) is 0 Å². The standard InChI is InChI=1S/C14H11ClO/c15-12-8-11-6-7-16-14(11)13(9-12)10-4-2-1-3-5-10/h1-5,8-9H,6-7H2. The molecule has 0 radical (unpaired) electrons. The van der Waals surface area contributed by atoms with Crippen LogP contribution >= 0.6 is 11.6 Å². The molecule has 0 fully saturated rings. The zero-order chi connectivity index (χ0) is 11.0. The summed E-state index contributed by atoms with van der Waals surface area (Å²) >= 11 is 6.12. The smallest absolute Gasteiger partial charge is 0.130 e. The lowest BCUT2D eigenvalue weighted by atomic mass is 10.0. The summed E-state index contributed by atoms with van der Waals surface area (Å²) in [5.74, 6) is 0.996. The fourth-order valence-corrected chi connectivity index (χ4v) is 2.34. The molecule has 1 aliphatic heterocycles. The van der Waals surface area contributed by atoms with E-state index in [0.29, 0.717) is 0 Å². The van der Waals surface area contributed by atoms with Gasteiger partial charge >= 0.3 is 0 Å². The predicted octanol–water partition coefficient (Wildman–Crippen LogP) is 3.94. The fraction of sp³-hybridized carbons (Fsp3) is 0.143. The van der Waals surface area contributed by atoms with Gasteiger partial charge in [0.2, 0.25) is 0 Å². The molecule has 0 atom stereocenters. The molecule has 2 aromatic rings. The van der Waals surface area contributed by atoms with Crippen molar-refractivity contribution in [3.8, 4) is 16.9 Å². The summed E-state index contributed by atoms with van der Waals surface area (Å²) in [7, 11) is 0. The first-order valence-electron chi connectivity index (χ1n) is 5.35. The summed E-state index contributed by atoms with van der Waals surface area (Å²) in [5.41, 5.74) is 3.47. The molecule has 1 heterocycles. The Bertz CT molecular complexity index is 520. The van der Waals surface area contributed by atoms with E-state index < -0.39 is 0 Å². The maximum Gasteiger partial charge on any atom is 0.130 e. The van der Waals surface area contributed by atoms with Gasteiger partial charge in [-0.1, -0.05) is 41.9 Å². The Morgan fingerprint density at radius 1 is 1.06 bits per heavy atom. The van der Waals surface area contributed by atoms with Crippen LogP contribution in [0.15, 0.2) is 42.5 Å². The van der Waals surface area contributed by atoms with Gasteiger partial charge < -0.3 is 4.74 Å². The van der Waals surface area contributed by atoms with Gasteiger partial charge in [0.15, 0.2) is 0 Å². The Morgan fingerprint density at radius 2 is 1.88 bits per heavy atom. The van der Waals surface area contributed by atoms with E-state index in [0.717, 1.165) is 34.9 Å². The molecule has 3 rings (SSSR count). The molecular weight excluding hydrogens is 220 g/mol. The average Bonchev–Trinajstić information content (AvgIpc) is 2.77. The van der Waals surface area contributed by atoms with E-state index >= 15 is 0 Å². The second-order valence-electron chi connectivity index (χ2n) is 3.91. The van der Waals surface area contributed by atoms with Crippen molar-refractivity contribution in [3.63, 3.8) is 0 Å². The van der Waals surface area contributed by atoms with Crippen LogP contribution in [0, 0.1) is 0 Å². The van der Waals surface area contributed by atoms with Crippen molar-refractivity contribution in [2.45, 2.75) is 6.42 Å². The first-order chi connectivity index (χ1) is 7.84. The van der Waals surface area contributed by atoms with E-state index in [1.807, 2.05) is 30.3 Å². The van der Waals surface area contributed by atoms with Crippen LogP contribution in [0.4, 0.5) is 0 Å². The molecule has 0 saturated heterocycles. The SMILES string of the molecule is Clc1cc2c(c(-c3ccccc3)c1)OCC2. The first-order valence-corrected chi connectivity index (χ1v) is 5.73. The zero-order valence-electron chi connectivity index (χ0n) is 8.74. The molecule has 0 saturated carbocycles. The largest absolute Gasteiger partial charge is 0.492 e. The number of halogens is 1. The molecule has 1 nitrogen and oxygen atoms in total. The van der Waals surface area contributed by atoms with Crippen molar-refractivity contribution in [3.05, 3.63) is 53.1 Å². The molecule has 0 spiro atoms. The third kappa shape index (κ3) is 1.57. The highest BCUT2D eigenvalue weighted by Gasteiger charge is 2.18. The lowest BCUT2D eigenvalue weighted by molar-refractivity contribution is 0.358. The van der Waals surface area contributed by atoms with E-state index in [-0.39, 0.29) is 0 Å². The number of hydrogen-bond donors (Lipinski definition) is 0. The highest BCUT2D eigenvalue weighted by atomic mass is 35.5. The van der Waals surface area contributed by atoms with Gasteiger partial charge in [0.05, 0.1) is 6.61 Å². The summed E-state index contributed by atoms with van der Waals surface area (Å²) < 4.78 is 5.68. The number of ether oxygens (including phenoxy) is 1. The molecule has 0 bridgehead atoms. The Labute approximate surface area is 99.6 Å². The topological polar surface area (TPSA) is 9.23 Å². The Hall–Kier alpha value is -1.47. The first kappa shape index (κ1) is 9.73. The van der Waals surface area contributed by atoms with Crippen molar-refractivity contribution in [1.29, 1.82) is 0 Å².